The minimum Gasteiger partial charge on any atom is -0.496 e. The van der Waals surface area contributed by atoms with Crippen LogP contribution in [0, 0.1) is 6.92 Å². The Balaban J connectivity index is 1.37. The van der Waals surface area contributed by atoms with E-state index in [1.54, 1.807) is 19.4 Å². The van der Waals surface area contributed by atoms with Gasteiger partial charge in [0.2, 0.25) is 0 Å². The van der Waals surface area contributed by atoms with Crippen LogP contribution >= 0.6 is 0 Å². The van der Waals surface area contributed by atoms with Gasteiger partial charge in [0.15, 0.2) is 0 Å². The summed E-state index contributed by atoms with van der Waals surface area (Å²) in [5.74, 6) is 0.946. The van der Waals surface area contributed by atoms with Crippen molar-refractivity contribution in [3.8, 4) is 11.5 Å². The van der Waals surface area contributed by atoms with E-state index in [1.165, 1.54) is 5.56 Å². The molecule has 0 unspecified atom stereocenters. The molecule has 4 rings (SSSR count). The number of rotatable bonds is 7. The molecule has 4 aromatic carbocycles. The summed E-state index contributed by atoms with van der Waals surface area (Å²) >= 11 is 0. The third kappa shape index (κ3) is 5.13. The molecule has 5 nitrogen and oxygen atoms in total. The number of amides is 1. The summed E-state index contributed by atoms with van der Waals surface area (Å²) in [4.78, 5) is 12.6. The van der Waals surface area contributed by atoms with Gasteiger partial charge in [0.05, 0.1) is 18.9 Å². The molecule has 0 atom stereocenters. The van der Waals surface area contributed by atoms with Gasteiger partial charge in [-0.25, -0.2) is 5.43 Å². The van der Waals surface area contributed by atoms with Gasteiger partial charge >= 0.3 is 0 Å². The van der Waals surface area contributed by atoms with Crippen molar-refractivity contribution >= 4 is 22.9 Å². The van der Waals surface area contributed by atoms with Crippen LogP contribution in [-0.4, -0.2) is 19.2 Å². The zero-order valence-electron chi connectivity index (χ0n) is 18.0. The molecule has 0 aliphatic rings. The van der Waals surface area contributed by atoms with Crippen molar-refractivity contribution in [2.45, 2.75) is 13.5 Å². The first-order valence-corrected chi connectivity index (χ1v) is 10.3. The van der Waals surface area contributed by atoms with Crippen molar-refractivity contribution in [1.82, 2.24) is 5.43 Å². The van der Waals surface area contributed by atoms with Gasteiger partial charge in [-0.2, -0.15) is 5.10 Å². The number of nitrogens with zero attached hydrogens (tertiary/aromatic N) is 1. The Labute approximate surface area is 187 Å². The molecule has 1 amide bonds. The molecule has 160 valence electrons. The van der Waals surface area contributed by atoms with Gasteiger partial charge < -0.3 is 9.47 Å². The minimum atomic E-state index is -0.332. The minimum absolute atomic E-state index is 0.332. The van der Waals surface area contributed by atoms with Crippen LogP contribution in [0.1, 0.15) is 27.0 Å². The molecule has 0 aliphatic carbocycles. The maximum Gasteiger partial charge on any atom is 0.275 e. The normalized spacial score (nSPS) is 10.9. The molecular formula is C27H24N2O3. The number of nitrogens with one attached hydrogen (secondary N) is 1. The molecule has 0 bridgehead atoms. The largest absolute Gasteiger partial charge is 0.496 e. The van der Waals surface area contributed by atoms with Crippen molar-refractivity contribution in [2.24, 2.45) is 5.10 Å². The number of hydrazone groups is 1. The van der Waals surface area contributed by atoms with E-state index in [2.05, 4.69) is 29.6 Å². The Hall–Kier alpha value is -4.12. The summed E-state index contributed by atoms with van der Waals surface area (Å²) in [7, 11) is 1.55. The first kappa shape index (κ1) is 21.1. The highest BCUT2D eigenvalue weighted by Gasteiger charge is 2.13. The third-order valence-electron chi connectivity index (χ3n) is 5.06. The lowest BCUT2D eigenvalue weighted by molar-refractivity contribution is 0.0952. The number of benzene rings is 4. The highest BCUT2D eigenvalue weighted by molar-refractivity contribution is 6.01. The van der Waals surface area contributed by atoms with Gasteiger partial charge in [-0.15, -0.1) is 0 Å². The van der Waals surface area contributed by atoms with Crippen molar-refractivity contribution in [1.29, 1.82) is 0 Å². The van der Waals surface area contributed by atoms with Gasteiger partial charge in [-0.05, 0) is 65.2 Å². The van der Waals surface area contributed by atoms with E-state index in [1.807, 2.05) is 66.7 Å². The van der Waals surface area contributed by atoms with Crippen LogP contribution in [0.3, 0.4) is 0 Å². The Morgan fingerprint density at radius 2 is 1.69 bits per heavy atom. The molecule has 0 spiro atoms. The number of hydrogen-bond acceptors (Lipinski definition) is 4. The molecule has 4 aromatic rings. The predicted octanol–water partition coefficient (Wildman–Crippen LogP) is 5.50. The van der Waals surface area contributed by atoms with E-state index in [0.717, 1.165) is 27.6 Å². The summed E-state index contributed by atoms with van der Waals surface area (Å²) in [6, 6.07) is 27.2. The van der Waals surface area contributed by atoms with Gasteiger partial charge in [-0.1, -0.05) is 54.1 Å². The quantitative estimate of drug-likeness (QED) is 0.315. The van der Waals surface area contributed by atoms with E-state index < -0.39 is 0 Å². The Morgan fingerprint density at radius 1 is 0.938 bits per heavy atom. The number of carbonyl (C=O) groups excluding carboxylic acids is 1. The second-order valence-corrected chi connectivity index (χ2v) is 7.45. The zero-order chi connectivity index (χ0) is 22.3. The Morgan fingerprint density at radius 3 is 2.41 bits per heavy atom. The highest BCUT2D eigenvalue weighted by Crippen LogP contribution is 2.25. The number of hydrogen-bond donors (Lipinski definition) is 1. The first-order valence-electron chi connectivity index (χ1n) is 10.3. The van der Waals surface area contributed by atoms with E-state index in [-0.39, 0.29) is 5.91 Å². The zero-order valence-corrected chi connectivity index (χ0v) is 18.0. The van der Waals surface area contributed by atoms with Crippen molar-refractivity contribution < 1.29 is 14.3 Å². The molecular weight excluding hydrogens is 400 g/mol. The van der Waals surface area contributed by atoms with Crippen molar-refractivity contribution in [3.05, 3.63) is 107 Å². The molecule has 1 N–H and O–H groups in total. The van der Waals surface area contributed by atoms with E-state index in [4.69, 9.17) is 9.47 Å². The fourth-order valence-corrected chi connectivity index (χ4v) is 3.41. The smallest absolute Gasteiger partial charge is 0.275 e. The van der Waals surface area contributed by atoms with Gasteiger partial charge in [0.1, 0.15) is 18.1 Å². The summed E-state index contributed by atoms with van der Waals surface area (Å²) in [6.07, 6.45) is 1.59. The predicted molar refractivity (Wildman–Crippen MR) is 128 cm³/mol. The second kappa shape index (κ2) is 9.79. The van der Waals surface area contributed by atoms with Crippen LogP contribution in [0.5, 0.6) is 11.5 Å². The highest BCUT2D eigenvalue weighted by atomic mass is 16.5. The van der Waals surface area contributed by atoms with Crippen LogP contribution < -0.4 is 14.9 Å². The molecule has 5 heteroatoms. The SMILES string of the molecule is COc1cc2ccccc2cc1C(=O)N/N=C\c1ccc(OCc2cccc(C)c2)cc1. The van der Waals surface area contributed by atoms with Crippen LogP contribution in [0.4, 0.5) is 0 Å². The van der Waals surface area contributed by atoms with Crippen molar-refractivity contribution in [2.75, 3.05) is 7.11 Å². The Bertz CT molecular complexity index is 1260. The van der Waals surface area contributed by atoms with Gasteiger partial charge in [0, 0.05) is 0 Å². The number of fused-ring (bicyclic) bond motifs is 1. The molecule has 0 aliphatic heterocycles. The molecule has 0 saturated heterocycles. The number of carbonyl (C=O) groups is 1. The summed E-state index contributed by atoms with van der Waals surface area (Å²) < 4.78 is 11.2. The maximum absolute atomic E-state index is 12.6. The Kier molecular flexibility index (Phi) is 6.46. The molecule has 0 aromatic heterocycles. The molecule has 0 saturated carbocycles. The molecule has 32 heavy (non-hydrogen) atoms. The lowest BCUT2D eigenvalue weighted by Gasteiger charge is -2.09. The second-order valence-electron chi connectivity index (χ2n) is 7.45. The van der Waals surface area contributed by atoms with Crippen molar-refractivity contribution in [3.63, 3.8) is 0 Å². The fraction of sp³-hybridized carbons (Fsp3) is 0.111. The fourth-order valence-electron chi connectivity index (χ4n) is 3.41. The number of ether oxygens (including phenoxy) is 2. The summed E-state index contributed by atoms with van der Waals surface area (Å²) in [5.41, 5.74) is 6.19. The van der Waals surface area contributed by atoms with Crippen LogP contribution in [0.25, 0.3) is 10.8 Å². The molecule has 0 radical (unpaired) electrons. The number of aryl methyl sites for hydroxylation is 1. The van der Waals surface area contributed by atoms with Crippen LogP contribution in [0.2, 0.25) is 0 Å². The molecule has 0 heterocycles. The average molecular weight is 425 g/mol. The van der Waals surface area contributed by atoms with Crippen LogP contribution in [-0.2, 0) is 6.61 Å². The summed E-state index contributed by atoms with van der Waals surface area (Å²) in [6.45, 7) is 2.57. The maximum atomic E-state index is 12.6. The lowest BCUT2D eigenvalue weighted by atomic mass is 10.1. The number of methoxy groups -OCH3 is 1. The monoisotopic (exact) mass is 424 g/mol. The third-order valence-corrected chi connectivity index (χ3v) is 5.06. The molecule has 0 fully saturated rings. The first-order chi connectivity index (χ1) is 15.6. The standard InChI is InChI=1S/C27H24N2O3/c1-19-6-5-7-21(14-19)18-32-24-12-10-20(11-13-24)17-28-29-27(30)25-15-22-8-3-4-9-23(22)16-26(25)31-2/h3-17H,18H2,1-2H3,(H,29,30)/b28-17-. The van der Waals surface area contributed by atoms with E-state index >= 15 is 0 Å². The summed E-state index contributed by atoms with van der Waals surface area (Å²) in [5, 5.41) is 6.06. The van der Waals surface area contributed by atoms with Crippen LogP contribution in [0.15, 0.2) is 90.0 Å². The topological polar surface area (TPSA) is 59.9 Å². The van der Waals surface area contributed by atoms with Gasteiger partial charge in [0.25, 0.3) is 5.91 Å². The van der Waals surface area contributed by atoms with Gasteiger partial charge in [-0.3, -0.25) is 4.79 Å². The van der Waals surface area contributed by atoms with E-state index in [0.29, 0.717) is 17.9 Å². The van der Waals surface area contributed by atoms with E-state index in [9.17, 15) is 4.79 Å². The average Bonchev–Trinajstić information content (AvgIpc) is 2.82. The lowest BCUT2D eigenvalue weighted by Crippen LogP contribution is -2.18.